The molecule has 2 atom stereocenters. The molecule has 1 rings (SSSR count). The summed E-state index contributed by atoms with van der Waals surface area (Å²) in [7, 11) is 0. The van der Waals surface area contributed by atoms with Crippen LogP contribution in [-0.4, -0.2) is 5.11 Å². The minimum Gasteiger partial charge on any atom is -0.388 e. The molecule has 15 heavy (non-hydrogen) atoms. The average molecular weight is 226 g/mol. The lowest BCUT2D eigenvalue weighted by Gasteiger charge is -2.28. The third-order valence-electron chi connectivity index (χ3n) is 3.14. The molecule has 1 aromatic rings. The largest absolute Gasteiger partial charge is 0.388 e. The van der Waals surface area contributed by atoms with Crippen molar-refractivity contribution >= 4 is 11.3 Å². The highest BCUT2D eigenvalue weighted by Gasteiger charge is 2.23. The molecule has 2 heteroatoms. The van der Waals surface area contributed by atoms with Crippen LogP contribution in [0.25, 0.3) is 0 Å². The molecule has 86 valence electrons. The van der Waals surface area contributed by atoms with Crippen LogP contribution in [0.3, 0.4) is 0 Å². The Balaban J connectivity index is 2.60. The van der Waals surface area contributed by atoms with Crippen LogP contribution in [0.15, 0.2) is 12.1 Å². The summed E-state index contributed by atoms with van der Waals surface area (Å²) in [5, 5.41) is 10.1. The second-order valence-corrected chi connectivity index (χ2v) is 6.79. The molecule has 0 amide bonds. The van der Waals surface area contributed by atoms with Crippen LogP contribution >= 0.6 is 11.3 Å². The van der Waals surface area contributed by atoms with E-state index in [4.69, 9.17) is 0 Å². The fraction of sp³-hybridized carbons (Fsp3) is 0.692. The molecule has 0 aliphatic heterocycles. The monoisotopic (exact) mass is 226 g/mol. The number of hydrogen-bond donors (Lipinski definition) is 1. The highest BCUT2D eigenvalue weighted by Crippen LogP contribution is 2.34. The molecule has 1 nitrogen and oxygen atoms in total. The molecule has 2 unspecified atom stereocenters. The van der Waals surface area contributed by atoms with E-state index in [-0.39, 0.29) is 11.5 Å². The van der Waals surface area contributed by atoms with Crippen molar-refractivity contribution in [3.8, 4) is 0 Å². The van der Waals surface area contributed by atoms with E-state index in [0.29, 0.717) is 5.92 Å². The zero-order chi connectivity index (χ0) is 11.6. The Kier molecular flexibility index (Phi) is 3.96. The van der Waals surface area contributed by atoms with E-state index in [1.54, 1.807) is 11.3 Å². The van der Waals surface area contributed by atoms with Gasteiger partial charge in [0.25, 0.3) is 0 Å². The first-order valence-corrected chi connectivity index (χ1v) is 6.36. The van der Waals surface area contributed by atoms with Crippen molar-refractivity contribution in [1.82, 2.24) is 0 Å². The molecule has 0 fully saturated rings. The van der Waals surface area contributed by atoms with Crippen LogP contribution in [-0.2, 0) is 0 Å². The highest BCUT2D eigenvalue weighted by atomic mass is 32.1. The van der Waals surface area contributed by atoms with Crippen LogP contribution < -0.4 is 0 Å². The van der Waals surface area contributed by atoms with Gasteiger partial charge >= 0.3 is 0 Å². The molecule has 0 aliphatic carbocycles. The molecular formula is C13H22OS. The zero-order valence-corrected chi connectivity index (χ0v) is 11.2. The second kappa shape index (κ2) is 4.67. The van der Waals surface area contributed by atoms with Gasteiger partial charge < -0.3 is 5.11 Å². The third kappa shape index (κ3) is 3.62. The molecule has 0 spiro atoms. The number of thiophene rings is 1. The summed E-state index contributed by atoms with van der Waals surface area (Å²) in [4.78, 5) is 2.37. The smallest absolute Gasteiger partial charge is 0.0884 e. The number of aryl methyl sites for hydroxylation is 1. The number of rotatable bonds is 3. The standard InChI is InChI=1S/C13H22OS/c1-9(13(3,4)5)8-11(14)12-7-6-10(2)15-12/h6-7,9,11,14H,8H2,1-5H3. The number of aliphatic hydroxyl groups excluding tert-OH is 1. The van der Waals surface area contributed by atoms with Gasteiger partial charge in [-0.1, -0.05) is 27.7 Å². The Labute approximate surface area is 97.2 Å². The molecule has 1 aromatic heterocycles. The van der Waals surface area contributed by atoms with E-state index in [0.717, 1.165) is 11.3 Å². The summed E-state index contributed by atoms with van der Waals surface area (Å²) < 4.78 is 0. The lowest BCUT2D eigenvalue weighted by molar-refractivity contribution is 0.113. The average Bonchev–Trinajstić information content (AvgIpc) is 2.50. The van der Waals surface area contributed by atoms with Gasteiger partial charge in [-0.05, 0) is 36.8 Å². The van der Waals surface area contributed by atoms with E-state index in [1.165, 1.54) is 4.88 Å². The van der Waals surface area contributed by atoms with Crippen LogP contribution in [0.2, 0.25) is 0 Å². The number of hydrogen-bond acceptors (Lipinski definition) is 2. The van der Waals surface area contributed by atoms with E-state index in [9.17, 15) is 5.11 Å². The molecule has 0 bridgehead atoms. The zero-order valence-electron chi connectivity index (χ0n) is 10.4. The predicted octanol–water partition coefficient (Wildman–Crippen LogP) is 4.16. The van der Waals surface area contributed by atoms with Gasteiger partial charge in [-0.2, -0.15) is 0 Å². The van der Waals surface area contributed by atoms with E-state index in [2.05, 4.69) is 40.7 Å². The van der Waals surface area contributed by atoms with Crippen molar-refractivity contribution in [2.24, 2.45) is 11.3 Å². The fourth-order valence-electron chi connectivity index (χ4n) is 1.44. The molecular weight excluding hydrogens is 204 g/mol. The minimum atomic E-state index is -0.294. The highest BCUT2D eigenvalue weighted by molar-refractivity contribution is 7.11. The van der Waals surface area contributed by atoms with Crippen molar-refractivity contribution in [3.63, 3.8) is 0 Å². The maximum absolute atomic E-state index is 10.1. The first-order valence-electron chi connectivity index (χ1n) is 5.55. The second-order valence-electron chi connectivity index (χ2n) is 5.47. The van der Waals surface area contributed by atoms with E-state index < -0.39 is 0 Å². The van der Waals surface area contributed by atoms with Gasteiger partial charge in [0.1, 0.15) is 0 Å². The molecule has 1 N–H and O–H groups in total. The Morgan fingerprint density at radius 3 is 2.33 bits per heavy atom. The molecule has 0 radical (unpaired) electrons. The maximum atomic E-state index is 10.1. The lowest BCUT2D eigenvalue weighted by Crippen LogP contribution is -2.19. The molecule has 0 saturated carbocycles. The summed E-state index contributed by atoms with van der Waals surface area (Å²) in [6.45, 7) is 11.0. The Morgan fingerprint density at radius 2 is 1.93 bits per heavy atom. The summed E-state index contributed by atoms with van der Waals surface area (Å²) in [6, 6.07) is 4.12. The van der Waals surface area contributed by atoms with Gasteiger partial charge in [0, 0.05) is 9.75 Å². The van der Waals surface area contributed by atoms with Crippen molar-refractivity contribution in [3.05, 3.63) is 21.9 Å². The normalized spacial score (nSPS) is 16.4. The quantitative estimate of drug-likeness (QED) is 0.820. The molecule has 1 heterocycles. The van der Waals surface area contributed by atoms with Gasteiger partial charge in [0.15, 0.2) is 0 Å². The van der Waals surface area contributed by atoms with Crippen molar-refractivity contribution in [2.75, 3.05) is 0 Å². The van der Waals surface area contributed by atoms with E-state index in [1.807, 2.05) is 6.07 Å². The lowest BCUT2D eigenvalue weighted by atomic mass is 9.79. The molecule has 0 saturated heterocycles. The number of aliphatic hydroxyl groups is 1. The maximum Gasteiger partial charge on any atom is 0.0884 e. The van der Waals surface area contributed by atoms with Crippen molar-refractivity contribution in [1.29, 1.82) is 0 Å². The van der Waals surface area contributed by atoms with Crippen LogP contribution in [0, 0.1) is 18.3 Å². The van der Waals surface area contributed by atoms with Crippen LogP contribution in [0.4, 0.5) is 0 Å². The Hall–Kier alpha value is -0.340. The van der Waals surface area contributed by atoms with Gasteiger partial charge in [-0.15, -0.1) is 11.3 Å². The van der Waals surface area contributed by atoms with Crippen molar-refractivity contribution in [2.45, 2.75) is 47.1 Å². The van der Waals surface area contributed by atoms with Crippen LogP contribution in [0.1, 0.15) is 50.0 Å². The van der Waals surface area contributed by atoms with Crippen molar-refractivity contribution < 1.29 is 5.11 Å². The summed E-state index contributed by atoms with van der Waals surface area (Å²) >= 11 is 1.70. The van der Waals surface area contributed by atoms with Gasteiger partial charge in [-0.25, -0.2) is 0 Å². The first-order chi connectivity index (χ1) is 6.80. The SMILES string of the molecule is Cc1ccc(C(O)CC(C)C(C)(C)C)s1. The Bertz CT molecular complexity index is 309. The van der Waals surface area contributed by atoms with Crippen LogP contribution in [0.5, 0.6) is 0 Å². The predicted molar refractivity (Wildman–Crippen MR) is 67.3 cm³/mol. The summed E-state index contributed by atoms with van der Waals surface area (Å²) in [5.41, 5.74) is 0.271. The fourth-order valence-corrected chi connectivity index (χ4v) is 2.31. The molecule has 0 aliphatic rings. The molecule has 0 aromatic carbocycles. The van der Waals surface area contributed by atoms with E-state index >= 15 is 0 Å². The summed E-state index contributed by atoms with van der Waals surface area (Å²) in [6.07, 6.45) is 0.557. The van der Waals surface area contributed by atoms with Gasteiger partial charge in [-0.3, -0.25) is 0 Å². The first kappa shape index (κ1) is 12.7. The minimum absolute atomic E-state index is 0.271. The topological polar surface area (TPSA) is 20.2 Å². The summed E-state index contributed by atoms with van der Waals surface area (Å²) in [5.74, 6) is 0.523. The third-order valence-corrected chi connectivity index (χ3v) is 4.25. The van der Waals surface area contributed by atoms with Gasteiger partial charge in [0.05, 0.1) is 6.10 Å². The van der Waals surface area contributed by atoms with Gasteiger partial charge in [0.2, 0.25) is 0 Å². The Morgan fingerprint density at radius 1 is 1.33 bits per heavy atom.